The average molecular weight is 464 g/mol. The number of nitrogens with one attached hydrogen (secondary N) is 1. The molecular weight excluding hydrogens is 429 g/mol. The Kier molecular flexibility index (Phi) is 10.1. The lowest BCUT2D eigenvalue weighted by molar-refractivity contribution is 0.101. The highest BCUT2D eigenvalue weighted by atomic mass is 35.5. The van der Waals surface area contributed by atoms with Gasteiger partial charge in [0.2, 0.25) is 0 Å². The molecule has 0 saturated heterocycles. The van der Waals surface area contributed by atoms with Gasteiger partial charge in [0.15, 0.2) is 0 Å². The summed E-state index contributed by atoms with van der Waals surface area (Å²) >= 11 is 12.3. The highest BCUT2D eigenvalue weighted by Gasteiger charge is 2.33. The Balaban J connectivity index is 2.36. The Labute approximate surface area is 197 Å². The predicted octanol–water partition coefficient (Wildman–Crippen LogP) is 6.53. The van der Waals surface area contributed by atoms with Crippen molar-refractivity contribution in [3.05, 3.63) is 82.4 Å². The first-order valence-corrected chi connectivity index (χ1v) is 11.7. The quantitative estimate of drug-likeness (QED) is 0.313. The van der Waals surface area contributed by atoms with Crippen molar-refractivity contribution < 1.29 is 10.2 Å². The van der Waals surface area contributed by atoms with Crippen LogP contribution in [0.15, 0.2) is 61.2 Å². The van der Waals surface area contributed by atoms with E-state index < -0.39 is 12.2 Å². The van der Waals surface area contributed by atoms with Crippen LogP contribution in [-0.4, -0.2) is 28.9 Å². The zero-order valence-electron chi connectivity index (χ0n) is 18.7. The predicted molar refractivity (Wildman–Crippen MR) is 132 cm³/mol. The molecule has 0 aromatic heterocycles. The van der Waals surface area contributed by atoms with Crippen LogP contribution in [0.4, 0.5) is 0 Å². The number of aliphatic hydroxyl groups excluding tert-OH is 2. The first-order valence-electron chi connectivity index (χ1n) is 10.9. The second kappa shape index (κ2) is 12.0. The van der Waals surface area contributed by atoms with Gasteiger partial charge in [0.25, 0.3) is 0 Å². The molecule has 0 fully saturated rings. The largest absolute Gasteiger partial charge is 0.392 e. The molecule has 3 nitrogen and oxygen atoms in total. The lowest BCUT2D eigenvalue weighted by atomic mass is 9.73. The second-order valence-corrected chi connectivity index (χ2v) is 9.67. The van der Waals surface area contributed by atoms with E-state index >= 15 is 0 Å². The van der Waals surface area contributed by atoms with Crippen molar-refractivity contribution in [1.82, 2.24) is 5.32 Å². The molecule has 0 aliphatic heterocycles. The molecule has 5 atom stereocenters. The summed E-state index contributed by atoms with van der Waals surface area (Å²) in [6, 6.07) is 15.1. The first-order chi connectivity index (χ1) is 14.7. The first kappa shape index (κ1) is 25.9. The van der Waals surface area contributed by atoms with Crippen molar-refractivity contribution in [3.8, 4) is 0 Å². The van der Waals surface area contributed by atoms with E-state index in [1.165, 1.54) is 0 Å². The molecule has 0 heterocycles. The number of allylic oxidation sites excluding steroid dienone is 1. The number of rotatable bonds is 12. The van der Waals surface area contributed by atoms with Gasteiger partial charge >= 0.3 is 0 Å². The summed E-state index contributed by atoms with van der Waals surface area (Å²) in [5, 5.41) is 26.2. The van der Waals surface area contributed by atoms with E-state index in [0.717, 1.165) is 24.0 Å². The van der Waals surface area contributed by atoms with Gasteiger partial charge in [0.1, 0.15) is 0 Å². The van der Waals surface area contributed by atoms with E-state index in [0.29, 0.717) is 23.0 Å². The summed E-state index contributed by atoms with van der Waals surface area (Å²) in [5.41, 5.74) is 1.64. The minimum Gasteiger partial charge on any atom is -0.392 e. The summed E-state index contributed by atoms with van der Waals surface area (Å²) in [4.78, 5) is 0. The van der Waals surface area contributed by atoms with Crippen LogP contribution in [0.5, 0.6) is 0 Å². The lowest BCUT2D eigenvalue weighted by Crippen LogP contribution is -2.44. The standard InChI is InChI=1S/C26H35Cl2NO2/c1-5-14-26(4,17-29-24(6-2)18(3)30)16-23(20-8-7-9-22(28)15-20)25(31)19-10-12-21(27)13-11-19/h5,7-13,15,18,23-25,29-31H,1,6,14,16-17H2,2-4H3/t18-,23+,24-,25-,26-/m0/s1. The maximum atomic E-state index is 11.4. The highest BCUT2D eigenvalue weighted by Crippen LogP contribution is 2.42. The molecule has 0 bridgehead atoms. The summed E-state index contributed by atoms with van der Waals surface area (Å²) in [6.45, 7) is 10.7. The highest BCUT2D eigenvalue weighted by molar-refractivity contribution is 6.30. The maximum absolute atomic E-state index is 11.4. The van der Waals surface area contributed by atoms with Gasteiger partial charge in [-0.3, -0.25) is 0 Å². The molecule has 0 saturated carbocycles. The van der Waals surface area contributed by atoms with Crippen LogP contribution in [0.3, 0.4) is 0 Å². The average Bonchev–Trinajstić information content (AvgIpc) is 2.72. The number of halogens is 2. The smallest absolute Gasteiger partial charge is 0.0858 e. The van der Waals surface area contributed by atoms with Crippen LogP contribution in [0, 0.1) is 5.41 Å². The minimum atomic E-state index is -0.710. The van der Waals surface area contributed by atoms with E-state index in [9.17, 15) is 10.2 Å². The van der Waals surface area contributed by atoms with Crippen LogP contribution in [0.2, 0.25) is 10.0 Å². The van der Waals surface area contributed by atoms with Crippen molar-refractivity contribution in [2.24, 2.45) is 5.41 Å². The molecular formula is C26H35Cl2NO2. The van der Waals surface area contributed by atoms with E-state index in [2.05, 4.69) is 25.7 Å². The van der Waals surface area contributed by atoms with Crippen molar-refractivity contribution in [3.63, 3.8) is 0 Å². The van der Waals surface area contributed by atoms with E-state index in [1.54, 1.807) is 12.1 Å². The van der Waals surface area contributed by atoms with Crippen LogP contribution < -0.4 is 5.32 Å². The van der Waals surface area contributed by atoms with Gasteiger partial charge in [0, 0.05) is 28.5 Å². The fourth-order valence-corrected chi connectivity index (χ4v) is 4.51. The van der Waals surface area contributed by atoms with Gasteiger partial charge in [-0.2, -0.15) is 0 Å². The van der Waals surface area contributed by atoms with Crippen LogP contribution >= 0.6 is 23.2 Å². The number of benzene rings is 2. The molecule has 0 amide bonds. The monoisotopic (exact) mass is 463 g/mol. The maximum Gasteiger partial charge on any atom is 0.0858 e. The Bertz CT molecular complexity index is 824. The molecule has 0 aliphatic carbocycles. The van der Waals surface area contributed by atoms with E-state index in [4.69, 9.17) is 23.2 Å². The molecule has 0 spiro atoms. The van der Waals surface area contributed by atoms with Crippen molar-refractivity contribution in [2.75, 3.05) is 6.54 Å². The Morgan fingerprint density at radius 3 is 2.29 bits per heavy atom. The van der Waals surface area contributed by atoms with E-state index in [1.807, 2.05) is 49.4 Å². The van der Waals surface area contributed by atoms with Crippen LogP contribution in [-0.2, 0) is 0 Å². The molecule has 170 valence electrons. The van der Waals surface area contributed by atoms with Gasteiger partial charge in [-0.1, -0.05) is 67.4 Å². The molecule has 3 N–H and O–H groups in total. The summed E-state index contributed by atoms with van der Waals surface area (Å²) in [5.74, 6) is -0.168. The third-order valence-electron chi connectivity index (χ3n) is 6.03. The molecule has 0 unspecified atom stereocenters. The lowest BCUT2D eigenvalue weighted by Gasteiger charge is -2.37. The van der Waals surface area contributed by atoms with Crippen molar-refractivity contribution in [1.29, 1.82) is 0 Å². The SMILES string of the molecule is C=CC[C@](C)(CN[C@@H](CC)[C@H](C)O)C[C@H](c1cccc(Cl)c1)[C@@H](O)c1ccc(Cl)cc1. The Hall–Kier alpha value is -1.36. The van der Waals surface area contributed by atoms with E-state index in [-0.39, 0.29) is 17.4 Å². The second-order valence-electron chi connectivity index (χ2n) is 8.80. The zero-order valence-corrected chi connectivity index (χ0v) is 20.2. The fourth-order valence-electron chi connectivity index (χ4n) is 4.18. The third-order valence-corrected chi connectivity index (χ3v) is 6.52. The molecule has 0 aliphatic rings. The molecule has 5 heteroatoms. The van der Waals surface area contributed by atoms with Gasteiger partial charge in [-0.25, -0.2) is 0 Å². The van der Waals surface area contributed by atoms with Crippen LogP contribution in [0.25, 0.3) is 0 Å². The summed E-state index contributed by atoms with van der Waals surface area (Å²) in [7, 11) is 0. The minimum absolute atomic E-state index is 0.0231. The molecule has 2 aromatic rings. The van der Waals surface area contributed by atoms with Gasteiger partial charge in [-0.05, 0) is 67.0 Å². The molecule has 2 aromatic carbocycles. The van der Waals surface area contributed by atoms with Crippen molar-refractivity contribution >= 4 is 23.2 Å². The van der Waals surface area contributed by atoms with Gasteiger partial charge in [-0.15, -0.1) is 6.58 Å². The molecule has 0 radical (unpaired) electrons. The number of aliphatic hydroxyl groups is 2. The van der Waals surface area contributed by atoms with Gasteiger partial charge < -0.3 is 15.5 Å². The normalized spacial score (nSPS) is 17.4. The Morgan fingerprint density at radius 1 is 1.06 bits per heavy atom. The summed E-state index contributed by atoms with van der Waals surface area (Å²) in [6.07, 6.45) is 3.12. The Morgan fingerprint density at radius 2 is 1.74 bits per heavy atom. The van der Waals surface area contributed by atoms with Crippen molar-refractivity contribution in [2.45, 2.75) is 64.2 Å². The number of hydrogen-bond acceptors (Lipinski definition) is 3. The fraction of sp³-hybridized carbons (Fsp3) is 0.462. The molecule has 2 rings (SSSR count). The summed E-state index contributed by atoms with van der Waals surface area (Å²) < 4.78 is 0. The van der Waals surface area contributed by atoms with Gasteiger partial charge in [0.05, 0.1) is 12.2 Å². The number of hydrogen-bond donors (Lipinski definition) is 3. The topological polar surface area (TPSA) is 52.5 Å². The van der Waals surface area contributed by atoms with Crippen LogP contribution in [0.1, 0.15) is 63.2 Å². The molecule has 31 heavy (non-hydrogen) atoms. The third kappa shape index (κ3) is 7.62. The zero-order chi connectivity index (χ0) is 23.0.